The molecule has 0 amide bonds. The zero-order chi connectivity index (χ0) is 10.9. The summed E-state index contributed by atoms with van der Waals surface area (Å²) in [6.07, 6.45) is 0. The Morgan fingerprint density at radius 1 is 0.857 bits per heavy atom. The van der Waals surface area contributed by atoms with Crippen molar-refractivity contribution in [1.29, 1.82) is 0 Å². The van der Waals surface area contributed by atoms with Crippen molar-refractivity contribution in [3.63, 3.8) is 0 Å². The van der Waals surface area contributed by atoms with E-state index in [4.69, 9.17) is 13.9 Å². The molecule has 0 saturated heterocycles. The van der Waals surface area contributed by atoms with Crippen LogP contribution in [0.25, 0.3) is 0 Å². The molecule has 0 heterocycles. The summed E-state index contributed by atoms with van der Waals surface area (Å²) in [5.41, 5.74) is 0. The summed E-state index contributed by atoms with van der Waals surface area (Å²) in [7, 11) is -1.36. The van der Waals surface area contributed by atoms with Gasteiger partial charge in [-0.05, 0) is 19.6 Å². The quantitative estimate of drug-likeness (QED) is 0.369. The van der Waals surface area contributed by atoms with Gasteiger partial charge in [-0.15, -0.1) is 0 Å². The second kappa shape index (κ2) is 8.85. The molecule has 0 aromatic rings. The van der Waals surface area contributed by atoms with Crippen molar-refractivity contribution in [2.45, 2.75) is 19.6 Å². The van der Waals surface area contributed by atoms with E-state index < -0.39 is 8.32 Å². The minimum Gasteiger partial charge on any atom is -0.415 e. The number of hydrogen-bond acceptors (Lipinski definition) is 3. The molecule has 0 N–H and O–H groups in total. The average molecular weight is 285 g/mol. The van der Waals surface area contributed by atoms with Gasteiger partial charge in [0.2, 0.25) is 0 Å². The molecule has 0 bridgehead atoms. The summed E-state index contributed by atoms with van der Waals surface area (Å²) >= 11 is 3.28. The predicted octanol–water partition coefficient (Wildman–Crippen LogP) is 2.27. The maximum absolute atomic E-state index is 5.62. The molecule has 0 radical (unpaired) electrons. The predicted molar refractivity (Wildman–Crippen MR) is 64.7 cm³/mol. The van der Waals surface area contributed by atoms with Crippen molar-refractivity contribution in [2.75, 3.05) is 38.4 Å². The van der Waals surface area contributed by atoms with E-state index in [-0.39, 0.29) is 0 Å². The molecule has 3 nitrogen and oxygen atoms in total. The van der Waals surface area contributed by atoms with Crippen LogP contribution in [0, 0.1) is 0 Å². The first-order valence-corrected chi connectivity index (χ1v) is 9.44. The molecule has 0 aliphatic heterocycles. The molecule has 0 aliphatic rings. The van der Waals surface area contributed by atoms with E-state index in [1.807, 2.05) is 0 Å². The molecule has 0 aromatic heterocycles. The fraction of sp³-hybridized carbons (Fsp3) is 1.00. The van der Waals surface area contributed by atoms with Gasteiger partial charge in [0.05, 0.1) is 33.0 Å². The summed E-state index contributed by atoms with van der Waals surface area (Å²) in [4.78, 5) is 0. The third kappa shape index (κ3) is 12.6. The van der Waals surface area contributed by atoms with Crippen molar-refractivity contribution in [3.8, 4) is 0 Å². The molecule has 5 heteroatoms. The van der Waals surface area contributed by atoms with E-state index in [9.17, 15) is 0 Å². The van der Waals surface area contributed by atoms with Crippen LogP contribution in [0.5, 0.6) is 0 Å². The molecular formula is C9H21BrO3Si. The van der Waals surface area contributed by atoms with Crippen LogP contribution in [0.3, 0.4) is 0 Å². The zero-order valence-corrected chi connectivity index (χ0v) is 11.9. The highest BCUT2D eigenvalue weighted by Gasteiger charge is 2.12. The Labute approximate surface area is 96.4 Å². The SMILES string of the molecule is C[Si](C)(C)OCCOCCOCCBr. The molecule has 0 atom stereocenters. The van der Waals surface area contributed by atoms with E-state index >= 15 is 0 Å². The first-order valence-electron chi connectivity index (χ1n) is 4.91. The largest absolute Gasteiger partial charge is 0.415 e. The molecule has 0 saturated carbocycles. The minimum atomic E-state index is -1.36. The van der Waals surface area contributed by atoms with Crippen molar-refractivity contribution >= 4 is 24.2 Å². The van der Waals surface area contributed by atoms with Crippen molar-refractivity contribution in [1.82, 2.24) is 0 Å². The van der Waals surface area contributed by atoms with Gasteiger partial charge in [-0.25, -0.2) is 0 Å². The second-order valence-corrected chi connectivity index (χ2v) is 9.18. The molecule has 0 unspecified atom stereocenters. The minimum absolute atomic E-state index is 0.655. The number of hydrogen-bond donors (Lipinski definition) is 0. The van der Waals surface area contributed by atoms with Gasteiger partial charge in [-0.2, -0.15) is 0 Å². The molecule has 0 aromatic carbocycles. The Bertz CT molecular complexity index is 128. The third-order valence-electron chi connectivity index (χ3n) is 1.36. The van der Waals surface area contributed by atoms with E-state index in [0.717, 1.165) is 11.9 Å². The third-order valence-corrected chi connectivity index (χ3v) is 2.75. The number of ether oxygens (including phenoxy) is 2. The average Bonchev–Trinajstić information content (AvgIpc) is 2.08. The Kier molecular flexibility index (Phi) is 9.22. The first-order chi connectivity index (χ1) is 6.56. The maximum Gasteiger partial charge on any atom is 0.183 e. The molecule has 14 heavy (non-hydrogen) atoms. The highest BCUT2D eigenvalue weighted by molar-refractivity contribution is 9.09. The van der Waals surface area contributed by atoms with Gasteiger partial charge in [0.25, 0.3) is 0 Å². The van der Waals surface area contributed by atoms with E-state index in [2.05, 4.69) is 35.6 Å². The molecule has 0 aliphatic carbocycles. The van der Waals surface area contributed by atoms with Crippen LogP contribution in [0.4, 0.5) is 0 Å². The van der Waals surface area contributed by atoms with Gasteiger partial charge in [0.15, 0.2) is 8.32 Å². The standard InChI is InChI=1S/C9H21BrO3Si/c1-14(2,3)13-9-8-12-7-6-11-5-4-10/h4-9H2,1-3H3. The van der Waals surface area contributed by atoms with Crippen LogP contribution >= 0.6 is 15.9 Å². The van der Waals surface area contributed by atoms with Gasteiger partial charge in [0, 0.05) is 5.33 Å². The summed E-state index contributed by atoms with van der Waals surface area (Å²) in [6, 6.07) is 0. The van der Waals surface area contributed by atoms with Crippen LogP contribution in [-0.4, -0.2) is 46.7 Å². The number of alkyl halides is 1. The topological polar surface area (TPSA) is 27.7 Å². The van der Waals surface area contributed by atoms with Gasteiger partial charge >= 0.3 is 0 Å². The lowest BCUT2D eigenvalue weighted by atomic mass is 10.7. The van der Waals surface area contributed by atoms with Crippen LogP contribution in [-0.2, 0) is 13.9 Å². The smallest absolute Gasteiger partial charge is 0.183 e. The molecule has 0 spiro atoms. The summed E-state index contributed by atoms with van der Waals surface area (Å²) in [5, 5.41) is 0.881. The fourth-order valence-electron chi connectivity index (χ4n) is 0.783. The molecule has 0 fully saturated rings. The number of rotatable bonds is 9. The lowest BCUT2D eigenvalue weighted by molar-refractivity contribution is 0.0405. The Morgan fingerprint density at radius 3 is 1.86 bits per heavy atom. The highest BCUT2D eigenvalue weighted by Crippen LogP contribution is 2.01. The number of halogens is 1. The normalized spacial score (nSPS) is 12.0. The summed E-state index contributed by atoms with van der Waals surface area (Å²) < 4.78 is 16.2. The Hall–Kier alpha value is 0.577. The second-order valence-electron chi connectivity index (χ2n) is 3.87. The Morgan fingerprint density at radius 2 is 1.36 bits per heavy atom. The maximum atomic E-state index is 5.62. The van der Waals surface area contributed by atoms with Crippen LogP contribution in [0.2, 0.25) is 19.6 Å². The van der Waals surface area contributed by atoms with E-state index in [1.165, 1.54) is 0 Å². The summed E-state index contributed by atoms with van der Waals surface area (Å²) in [6.45, 7) is 9.95. The fourth-order valence-corrected chi connectivity index (χ4v) is 1.71. The van der Waals surface area contributed by atoms with Crippen LogP contribution < -0.4 is 0 Å². The molecule has 86 valence electrons. The van der Waals surface area contributed by atoms with Gasteiger partial charge in [-0.3, -0.25) is 0 Å². The lowest BCUT2D eigenvalue weighted by Gasteiger charge is -2.16. The molecular weight excluding hydrogens is 264 g/mol. The van der Waals surface area contributed by atoms with Gasteiger partial charge in [0.1, 0.15) is 0 Å². The van der Waals surface area contributed by atoms with Crippen molar-refractivity contribution in [3.05, 3.63) is 0 Å². The van der Waals surface area contributed by atoms with E-state index in [1.54, 1.807) is 0 Å². The molecule has 0 rings (SSSR count). The van der Waals surface area contributed by atoms with Crippen LogP contribution in [0.15, 0.2) is 0 Å². The van der Waals surface area contributed by atoms with Crippen molar-refractivity contribution < 1.29 is 13.9 Å². The van der Waals surface area contributed by atoms with Crippen LogP contribution in [0.1, 0.15) is 0 Å². The lowest BCUT2D eigenvalue weighted by Crippen LogP contribution is -2.27. The first kappa shape index (κ1) is 14.6. The highest BCUT2D eigenvalue weighted by atomic mass is 79.9. The summed E-state index contributed by atoms with van der Waals surface area (Å²) in [5.74, 6) is 0. The monoisotopic (exact) mass is 284 g/mol. The zero-order valence-electron chi connectivity index (χ0n) is 9.35. The Balaban J connectivity index is 2.99. The van der Waals surface area contributed by atoms with Crippen molar-refractivity contribution in [2.24, 2.45) is 0 Å². The van der Waals surface area contributed by atoms with Gasteiger partial charge in [-0.1, -0.05) is 15.9 Å². The van der Waals surface area contributed by atoms with E-state index in [0.29, 0.717) is 26.4 Å². The van der Waals surface area contributed by atoms with Gasteiger partial charge < -0.3 is 13.9 Å².